The molecule has 27 heavy (non-hydrogen) atoms. The van der Waals surface area contributed by atoms with E-state index in [0.717, 1.165) is 16.9 Å². The zero-order valence-corrected chi connectivity index (χ0v) is 15.9. The van der Waals surface area contributed by atoms with Crippen LogP contribution in [0.4, 0.5) is 0 Å². The molecule has 0 radical (unpaired) electrons. The maximum atomic E-state index is 12.8. The first kappa shape index (κ1) is 18.5. The third-order valence-corrected chi connectivity index (χ3v) is 4.39. The van der Waals surface area contributed by atoms with Crippen LogP contribution in [0, 0.1) is 13.8 Å². The first-order chi connectivity index (χ1) is 13.1. The normalized spacial score (nSPS) is 11.0. The fourth-order valence-corrected chi connectivity index (χ4v) is 3.11. The molecule has 0 saturated carbocycles. The molecule has 0 aliphatic carbocycles. The smallest absolute Gasteiger partial charge is 0.189 e. The van der Waals surface area contributed by atoms with Crippen LogP contribution in [0.25, 0.3) is 11.8 Å². The third kappa shape index (κ3) is 3.62. The summed E-state index contributed by atoms with van der Waals surface area (Å²) in [6.07, 6.45) is 3.28. The van der Waals surface area contributed by atoms with Crippen LogP contribution in [0.15, 0.2) is 54.6 Å². The highest BCUT2D eigenvalue weighted by atomic mass is 16.5. The second kappa shape index (κ2) is 7.91. The number of benzene rings is 2. The molecule has 0 atom stereocenters. The van der Waals surface area contributed by atoms with Crippen molar-refractivity contribution in [3.63, 3.8) is 0 Å². The van der Waals surface area contributed by atoms with Crippen molar-refractivity contribution in [3.8, 4) is 17.2 Å². The lowest BCUT2D eigenvalue weighted by Crippen LogP contribution is -2.01. The number of carbonyl (C=O) groups excluding carboxylic acids is 1. The van der Waals surface area contributed by atoms with Crippen molar-refractivity contribution in [2.45, 2.75) is 13.8 Å². The lowest BCUT2D eigenvalue weighted by molar-refractivity contribution is 0.104. The first-order valence-corrected chi connectivity index (χ1v) is 8.62. The zero-order chi connectivity index (χ0) is 19.4. The standard InChI is InChI=1S/C22H22N2O3/c1-15-21(16(2)24(23-15)18-10-6-5-7-11-18)19(25)14-13-17-9-8-12-20(26-3)22(17)27-4/h5-14H,1-4H3. The molecule has 2 aromatic carbocycles. The molecule has 0 N–H and O–H groups in total. The summed E-state index contributed by atoms with van der Waals surface area (Å²) < 4.78 is 12.5. The summed E-state index contributed by atoms with van der Waals surface area (Å²) in [5.41, 5.74) is 3.82. The number of aryl methyl sites for hydroxylation is 1. The van der Waals surface area contributed by atoms with E-state index in [0.29, 0.717) is 22.8 Å². The fraction of sp³-hybridized carbons (Fsp3) is 0.182. The molecule has 3 rings (SSSR count). The number of hydrogen-bond donors (Lipinski definition) is 0. The van der Waals surface area contributed by atoms with Gasteiger partial charge >= 0.3 is 0 Å². The van der Waals surface area contributed by atoms with E-state index < -0.39 is 0 Å². The Bertz CT molecular complexity index is 988. The second-order valence-electron chi connectivity index (χ2n) is 6.07. The summed E-state index contributed by atoms with van der Waals surface area (Å²) in [7, 11) is 3.16. The maximum Gasteiger partial charge on any atom is 0.189 e. The molecule has 0 aliphatic heterocycles. The van der Waals surface area contributed by atoms with Gasteiger partial charge in [-0.25, -0.2) is 4.68 Å². The molecular weight excluding hydrogens is 340 g/mol. The fourth-order valence-electron chi connectivity index (χ4n) is 3.11. The van der Waals surface area contributed by atoms with Crippen molar-refractivity contribution >= 4 is 11.9 Å². The highest BCUT2D eigenvalue weighted by Crippen LogP contribution is 2.31. The molecule has 0 saturated heterocycles. The summed E-state index contributed by atoms with van der Waals surface area (Å²) in [4.78, 5) is 12.8. The largest absolute Gasteiger partial charge is 0.493 e. The summed E-state index contributed by atoms with van der Waals surface area (Å²) in [5, 5.41) is 4.53. The molecular formula is C22H22N2O3. The van der Waals surface area contributed by atoms with E-state index in [4.69, 9.17) is 9.47 Å². The van der Waals surface area contributed by atoms with Crippen molar-refractivity contribution < 1.29 is 14.3 Å². The topological polar surface area (TPSA) is 53.3 Å². The Hall–Kier alpha value is -3.34. The number of carbonyl (C=O) groups is 1. The lowest BCUT2D eigenvalue weighted by Gasteiger charge is -2.09. The van der Waals surface area contributed by atoms with Gasteiger partial charge < -0.3 is 9.47 Å². The van der Waals surface area contributed by atoms with E-state index in [-0.39, 0.29) is 5.78 Å². The van der Waals surface area contributed by atoms with Gasteiger partial charge in [-0.15, -0.1) is 0 Å². The predicted octanol–water partition coefficient (Wildman–Crippen LogP) is 4.40. The number of ketones is 1. The molecule has 5 heteroatoms. The Kier molecular flexibility index (Phi) is 5.41. The molecule has 0 unspecified atom stereocenters. The van der Waals surface area contributed by atoms with Crippen molar-refractivity contribution in [3.05, 3.63) is 77.1 Å². The first-order valence-electron chi connectivity index (χ1n) is 8.62. The third-order valence-electron chi connectivity index (χ3n) is 4.39. The van der Waals surface area contributed by atoms with Crippen LogP contribution in [0.3, 0.4) is 0 Å². The molecule has 0 aliphatic rings. The average molecular weight is 362 g/mol. The van der Waals surface area contributed by atoms with Gasteiger partial charge in [0, 0.05) is 5.56 Å². The highest BCUT2D eigenvalue weighted by Gasteiger charge is 2.18. The van der Waals surface area contributed by atoms with E-state index in [1.807, 2.05) is 62.4 Å². The molecule has 138 valence electrons. The molecule has 1 aromatic heterocycles. The summed E-state index contributed by atoms with van der Waals surface area (Å²) in [5.74, 6) is 1.12. The van der Waals surface area contributed by atoms with Crippen LogP contribution >= 0.6 is 0 Å². The molecule has 0 bridgehead atoms. The number of para-hydroxylation sites is 2. The number of aromatic nitrogens is 2. The van der Waals surface area contributed by atoms with Gasteiger partial charge in [0.25, 0.3) is 0 Å². The maximum absolute atomic E-state index is 12.8. The van der Waals surface area contributed by atoms with Gasteiger partial charge in [-0.2, -0.15) is 5.10 Å². The quantitative estimate of drug-likeness (QED) is 0.482. The number of methoxy groups -OCH3 is 2. The van der Waals surface area contributed by atoms with E-state index >= 15 is 0 Å². The van der Waals surface area contributed by atoms with Crippen LogP contribution in [0.5, 0.6) is 11.5 Å². The number of rotatable bonds is 6. The van der Waals surface area contributed by atoms with Crippen molar-refractivity contribution in [2.24, 2.45) is 0 Å². The van der Waals surface area contributed by atoms with Crippen LogP contribution in [-0.2, 0) is 0 Å². The molecule has 0 spiro atoms. The minimum atomic E-state index is -0.0999. The molecule has 1 heterocycles. The Morgan fingerprint density at radius 3 is 2.41 bits per heavy atom. The van der Waals surface area contributed by atoms with Crippen molar-refractivity contribution in [1.29, 1.82) is 0 Å². The number of ether oxygens (including phenoxy) is 2. The van der Waals surface area contributed by atoms with Crippen LogP contribution in [-0.4, -0.2) is 29.8 Å². The second-order valence-corrected chi connectivity index (χ2v) is 6.07. The zero-order valence-electron chi connectivity index (χ0n) is 15.9. The minimum Gasteiger partial charge on any atom is -0.493 e. The Labute approximate surface area is 158 Å². The Morgan fingerprint density at radius 1 is 1.00 bits per heavy atom. The van der Waals surface area contributed by atoms with E-state index in [2.05, 4.69) is 5.10 Å². The lowest BCUT2D eigenvalue weighted by atomic mass is 10.1. The van der Waals surface area contributed by atoms with E-state index in [1.165, 1.54) is 0 Å². The minimum absolute atomic E-state index is 0.0999. The molecule has 3 aromatic rings. The van der Waals surface area contributed by atoms with Crippen LogP contribution < -0.4 is 9.47 Å². The Morgan fingerprint density at radius 2 is 1.74 bits per heavy atom. The highest BCUT2D eigenvalue weighted by molar-refractivity contribution is 6.08. The van der Waals surface area contributed by atoms with E-state index in [9.17, 15) is 4.79 Å². The van der Waals surface area contributed by atoms with Gasteiger partial charge in [0.2, 0.25) is 0 Å². The monoisotopic (exact) mass is 362 g/mol. The number of hydrogen-bond acceptors (Lipinski definition) is 4. The van der Waals surface area contributed by atoms with Crippen molar-refractivity contribution in [1.82, 2.24) is 9.78 Å². The molecule has 0 fully saturated rings. The van der Waals surface area contributed by atoms with Gasteiger partial charge in [0.05, 0.1) is 36.9 Å². The number of nitrogens with zero attached hydrogens (tertiary/aromatic N) is 2. The van der Waals surface area contributed by atoms with Crippen LogP contribution in [0.1, 0.15) is 27.3 Å². The van der Waals surface area contributed by atoms with Gasteiger partial charge in [0.1, 0.15) is 0 Å². The van der Waals surface area contributed by atoms with Gasteiger partial charge in [-0.05, 0) is 44.2 Å². The van der Waals surface area contributed by atoms with Crippen molar-refractivity contribution in [2.75, 3.05) is 14.2 Å². The number of allylic oxidation sites excluding steroid dienone is 1. The van der Waals surface area contributed by atoms with Gasteiger partial charge in [-0.3, -0.25) is 4.79 Å². The van der Waals surface area contributed by atoms with Gasteiger partial charge in [-0.1, -0.05) is 30.3 Å². The van der Waals surface area contributed by atoms with E-state index in [1.54, 1.807) is 31.1 Å². The predicted molar refractivity (Wildman–Crippen MR) is 106 cm³/mol. The molecule has 0 amide bonds. The van der Waals surface area contributed by atoms with Gasteiger partial charge in [0.15, 0.2) is 17.3 Å². The average Bonchev–Trinajstić information content (AvgIpc) is 3.00. The van der Waals surface area contributed by atoms with Crippen LogP contribution in [0.2, 0.25) is 0 Å². The molecule has 5 nitrogen and oxygen atoms in total. The SMILES string of the molecule is COc1cccc(C=CC(=O)c2c(C)nn(-c3ccccc3)c2C)c1OC. The Balaban J connectivity index is 1.94. The summed E-state index contributed by atoms with van der Waals surface area (Å²) >= 11 is 0. The summed E-state index contributed by atoms with van der Waals surface area (Å²) in [6, 6.07) is 15.3. The summed E-state index contributed by atoms with van der Waals surface area (Å²) in [6.45, 7) is 3.75.